The van der Waals surface area contributed by atoms with Crippen LogP contribution in [0.5, 0.6) is 5.75 Å². The quantitative estimate of drug-likeness (QED) is 0.619. The minimum Gasteiger partial charge on any atom is -0.490 e. The molecule has 1 saturated carbocycles. The van der Waals surface area contributed by atoms with Crippen molar-refractivity contribution in [2.45, 2.75) is 96.1 Å². The number of nitriles is 1. The van der Waals surface area contributed by atoms with Crippen LogP contribution in [-0.2, 0) is 15.9 Å². The smallest absolute Gasteiger partial charge is 0.410 e. The van der Waals surface area contributed by atoms with Gasteiger partial charge < -0.3 is 19.1 Å². The van der Waals surface area contributed by atoms with Gasteiger partial charge in [-0.15, -0.1) is 0 Å². The van der Waals surface area contributed by atoms with Crippen molar-refractivity contribution in [3.63, 3.8) is 0 Å². The third-order valence-corrected chi connectivity index (χ3v) is 5.85. The van der Waals surface area contributed by atoms with Gasteiger partial charge in [0.15, 0.2) is 0 Å². The van der Waals surface area contributed by atoms with Crippen LogP contribution in [0.3, 0.4) is 0 Å². The van der Waals surface area contributed by atoms with Gasteiger partial charge in [-0.25, -0.2) is 4.79 Å². The Morgan fingerprint density at radius 1 is 1.00 bits per heavy atom. The molecule has 0 atom stereocenters. The third-order valence-electron chi connectivity index (χ3n) is 5.85. The molecule has 1 aliphatic heterocycles. The number of hydrogen-bond donors (Lipinski definition) is 0. The first-order chi connectivity index (χ1) is 14.8. The van der Waals surface area contributed by atoms with Crippen LogP contribution in [0.1, 0.15) is 71.3 Å². The Morgan fingerprint density at radius 3 is 2.16 bits per heavy atom. The van der Waals surface area contributed by atoms with Crippen LogP contribution in [0.4, 0.5) is 4.79 Å². The second-order valence-corrected chi connectivity index (χ2v) is 9.62. The first-order valence-electron chi connectivity index (χ1n) is 11.6. The SMILES string of the molecule is CC(C)(C)OC(=O)N1CCC(O[C@H]2CC[C@H](Oc3ccc(CCC#N)cc3)CC2)CC1. The summed E-state index contributed by atoms with van der Waals surface area (Å²) < 4.78 is 18.0. The van der Waals surface area contributed by atoms with Crippen LogP contribution in [-0.4, -0.2) is 48.0 Å². The van der Waals surface area contributed by atoms with Gasteiger partial charge in [0.05, 0.1) is 24.4 Å². The highest BCUT2D eigenvalue weighted by Gasteiger charge is 2.30. The van der Waals surface area contributed by atoms with E-state index >= 15 is 0 Å². The first kappa shape index (κ1) is 23.4. The molecule has 2 fully saturated rings. The molecule has 0 unspecified atom stereocenters. The lowest BCUT2D eigenvalue weighted by atomic mass is 9.94. The normalized spacial score (nSPS) is 22.6. The number of nitrogens with zero attached hydrogens (tertiary/aromatic N) is 2. The zero-order valence-corrected chi connectivity index (χ0v) is 19.1. The molecule has 1 aliphatic carbocycles. The second kappa shape index (κ2) is 10.9. The van der Waals surface area contributed by atoms with E-state index in [4.69, 9.17) is 19.5 Å². The molecule has 0 N–H and O–H groups in total. The maximum Gasteiger partial charge on any atom is 0.410 e. The number of benzene rings is 1. The van der Waals surface area contributed by atoms with E-state index in [9.17, 15) is 4.79 Å². The fourth-order valence-electron chi connectivity index (χ4n) is 4.19. The number of carbonyl (C=O) groups is 1. The van der Waals surface area contributed by atoms with Gasteiger partial charge in [-0.1, -0.05) is 12.1 Å². The third kappa shape index (κ3) is 7.74. The number of aryl methyl sites for hydroxylation is 1. The molecule has 1 aromatic rings. The van der Waals surface area contributed by atoms with Crippen LogP contribution in [0.2, 0.25) is 0 Å². The number of amides is 1. The molecule has 1 amide bonds. The lowest BCUT2D eigenvalue weighted by Crippen LogP contribution is -2.44. The summed E-state index contributed by atoms with van der Waals surface area (Å²) in [7, 11) is 0. The van der Waals surface area contributed by atoms with E-state index in [1.165, 1.54) is 5.56 Å². The number of hydrogen-bond acceptors (Lipinski definition) is 5. The number of ether oxygens (including phenoxy) is 3. The van der Waals surface area contributed by atoms with E-state index < -0.39 is 5.60 Å². The Bertz CT molecular complexity index is 734. The molecule has 170 valence electrons. The monoisotopic (exact) mass is 428 g/mol. The van der Waals surface area contributed by atoms with Crippen LogP contribution >= 0.6 is 0 Å². The van der Waals surface area contributed by atoms with Crippen molar-refractivity contribution in [2.24, 2.45) is 0 Å². The average Bonchev–Trinajstić information content (AvgIpc) is 2.74. The van der Waals surface area contributed by atoms with Gasteiger partial charge in [0.2, 0.25) is 0 Å². The van der Waals surface area contributed by atoms with Crippen molar-refractivity contribution >= 4 is 6.09 Å². The average molecular weight is 429 g/mol. The lowest BCUT2D eigenvalue weighted by Gasteiger charge is -2.36. The van der Waals surface area contributed by atoms with Crippen molar-refractivity contribution < 1.29 is 19.0 Å². The molecular weight excluding hydrogens is 392 g/mol. The summed E-state index contributed by atoms with van der Waals surface area (Å²) in [6, 6.07) is 10.3. The molecule has 0 bridgehead atoms. The fourth-order valence-corrected chi connectivity index (χ4v) is 4.19. The highest BCUT2D eigenvalue weighted by atomic mass is 16.6. The Balaban J connectivity index is 1.34. The number of carbonyl (C=O) groups excluding carboxylic acids is 1. The topological polar surface area (TPSA) is 71.8 Å². The Kier molecular flexibility index (Phi) is 8.20. The lowest BCUT2D eigenvalue weighted by molar-refractivity contribution is -0.0675. The van der Waals surface area contributed by atoms with E-state index in [0.717, 1.165) is 50.7 Å². The van der Waals surface area contributed by atoms with E-state index in [2.05, 4.69) is 6.07 Å². The standard InChI is InChI=1S/C25H36N2O4/c1-25(2,3)31-24(28)27-17-14-23(15-18-27)30-22-12-10-21(11-13-22)29-20-8-6-19(7-9-20)5-4-16-26/h6-9,21-23H,4-5,10-15,17-18H2,1-3H3/t21-,22-. The first-order valence-corrected chi connectivity index (χ1v) is 11.6. The van der Waals surface area contributed by atoms with Gasteiger partial charge in [-0.3, -0.25) is 0 Å². The summed E-state index contributed by atoms with van der Waals surface area (Å²) in [5, 5.41) is 8.69. The van der Waals surface area contributed by atoms with Gasteiger partial charge >= 0.3 is 6.09 Å². The summed E-state index contributed by atoms with van der Waals surface area (Å²) in [4.78, 5) is 14.0. The maximum absolute atomic E-state index is 12.2. The Morgan fingerprint density at radius 2 is 1.58 bits per heavy atom. The summed E-state index contributed by atoms with van der Waals surface area (Å²) in [6.07, 6.45) is 7.61. The summed E-state index contributed by atoms with van der Waals surface area (Å²) in [5.74, 6) is 0.902. The second-order valence-electron chi connectivity index (χ2n) is 9.62. The van der Waals surface area contributed by atoms with Gasteiger partial charge in [0.25, 0.3) is 0 Å². The Labute approximate surface area is 186 Å². The highest BCUT2D eigenvalue weighted by Crippen LogP contribution is 2.28. The minimum absolute atomic E-state index is 0.221. The molecule has 0 radical (unpaired) electrons. The molecule has 31 heavy (non-hydrogen) atoms. The molecule has 6 nitrogen and oxygen atoms in total. The maximum atomic E-state index is 12.2. The number of rotatable bonds is 6. The van der Waals surface area contributed by atoms with Crippen LogP contribution in [0.25, 0.3) is 0 Å². The molecule has 0 spiro atoms. The van der Waals surface area contributed by atoms with E-state index in [-0.39, 0.29) is 24.4 Å². The largest absolute Gasteiger partial charge is 0.490 e. The van der Waals surface area contributed by atoms with E-state index in [0.29, 0.717) is 19.5 Å². The molecule has 2 aliphatic rings. The highest BCUT2D eigenvalue weighted by molar-refractivity contribution is 5.68. The van der Waals surface area contributed by atoms with Gasteiger partial charge in [0, 0.05) is 19.5 Å². The summed E-state index contributed by atoms with van der Waals surface area (Å²) in [6.45, 7) is 7.08. The van der Waals surface area contributed by atoms with Crippen molar-refractivity contribution in [1.29, 1.82) is 5.26 Å². The predicted octanol–water partition coefficient (Wildman–Crippen LogP) is 5.25. The molecule has 1 aromatic carbocycles. The number of piperidine rings is 1. The van der Waals surface area contributed by atoms with Gasteiger partial charge in [-0.2, -0.15) is 5.26 Å². The van der Waals surface area contributed by atoms with E-state index in [1.54, 1.807) is 4.90 Å². The predicted molar refractivity (Wildman–Crippen MR) is 119 cm³/mol. The van der Waals surface area contributed by atoms with E-state index in [1.807, 2.05) is 45.0 Å². The van der Waals surface area contributed by atoms with Crippen molar-refractivity contribution in [3.8, 4) is 11.8 Å². The summed E-state index contributed by atoms with van der Waals surface area (Å²) >= 11 is 0. The zero-order chi connectivity index (χ0) is 22.3. The zero-order valence-electron chi connectivity index (χ0n) is 19.1. The van der Waals surface area contributed by atoms with Crippen LogP contribution in [0.15, 0.2) is 24.3 Å². The van der Waals surface area contributed by atoms with Crippen LogP contribution < -0.4 is 4.74 Å². The van der Waals surface area contributed by atoms with Crippen LogP contribution in [0, 0.1) is 11.3 Å². The molecular formula is C25H36N2O4. The molecule has 0 aromatic heterocycles. The Hall–Kier alpha value is -2.26. The molecule has 1 heterocycles. The molecule has 3 rings (SSSR count). The molecule has 6 heteroatoms. The van der Waals surface area contributed by atoms with Gasteiger partial charge in [-0.05, 0) is 83.4 Å². The summed E-state index contributed by atoms with van der Waals surface area (Å²) in [5.41, 5.74) is 0.716. The number of likely N-dealkylation sites (tertiary alicyclic amines) is 1. The van der Waals surface area contributed by atoms with Crippen molar-refractivity contribution in [2.75, 3.05) is 13.1 Å². The minimum atomic E-state index is -0.454. The van der Waals surface area contributed by atoms with Crippen molar-refractivity contribution in [3.05, 3.63) is 29.8 Å². The molecule has 1 saturated heterocycles. The van der Waals surface area contributed by atoms with Crippen molar-refractivity contribution in [1.82, 2.24) is 4.90 Å². The fraction of sp³-hybridized carbons (Fsp3) is 0.680. The van der Waals surface area contributed by atoms with Gasteiger partial charge in [0.1, 0.15) is 11.4 Å².